The van der Waals surface area contributed by atoms with Gasteiger partial charge < -0.3 is 37.8 Å². The van der Waals surface area contributed by atoms with E-state index < -0.39 is 35.9 Å². The molecule has 31 heavy (non-hydrogen) atoms. The number of amides is 3. The van der Waals surface area contributed by atoms with Crippen LogP contribution in [0.1, 0.15) is 46.0 Å². The van der Waals surface area contributed by atoms with Crippen LogP contribution in [0.2, 0.25) is 0 Å². The number of hydrogen-bond donors (Lipinski definition) is 6. The summed E-state index contributed by atoms with van der Waals surface area (Å²) in [6, 6.07) is -2.77. The molecule has 1 aliphatic heterocycles. The second-order valence-electron chi connectivity index (χ2n) is 7.67. The highest BCUT2D eigenvalue weighted by Gasteiger charge is 2.37. The number of aliphatic imine (C=N–C) groups is 1. The van der Waals surface area contributed by atoms with Gasteiger partial charge in [-0.1, -0.05) is 20.3 Å². The lowest BCUT2D eigenvalue weighted by Crippen LogP contribution is -2.57. The van der Waals surface area contributed by atoms with E-state index in [2.05, 4.69) is 15.6 Å². The number of rotatable bonds is 12. The van der Waals surface area contributed by atoms with Crippen molar-refractivity contribution in [3.8, 4) is 0 Å². The van der Waals surface area contributed by atoms with Crippen molar-refractivity contribution in [2.45, 2.75) is 64.1 Å². The van der Waals surface area contributed by atoms with E-state index in [9.17, 15) is 24.3 Å². The molecule has 0 aromatic carbocycles. The molecule has 1 rings (SSSR count). The molecule has 3 amide bonds. The van der Waals surface area contributed by atoms with Crippen LogP contribution < -0.4 is 27.8 Å². The lowest BCUT2D eigenvalue weighted by atomic mass is 9.97. The first-order valence-electron chi connectivity index (χ1n) is 10.5. The summed E-state index contributed by atoms with van der Waals surface area (Å²) >= 11 is 0. The highest BCUT2D eigenvalue weighted by Crippen LogP contribution is 2.18. The number of carboxylic acids is 1. The number of likely N-dealkylation sites (tertiary alicyclic amines) is 1. The van der Waals surface area contributed by atoms with E-state index in [0.29, 0.717) is 32.2 Å². The van der Waals surface area contributed by atoms with Gasteiger partial charge in [0.15, 0.2) is 5.96 Å². The third-order valence-electron chi connectivity index (χ3n) is 5.40. The Morgan fingerprint density at radius 2 is 1.90 bits per heavy atom. The Balaban J connectivity index is 2.83. The van der Waals surface area contributed by atoms with Crippen molar-refractivity contribution in [3.05, 3.63) is 0 Å². The molecule has 1 heterocycles. The number of aliphatic carboxylic acids is 1. The number of guanidine groups is 1. The predicted octanol–water partition coefficient (Wildman–Crippen LogP) is -1.91. The lowest BCUT2D eigenvalue weighted by Gasteiger charge is -2.29. The SMILES string of the molecule is CCC(C)C(NC(=O)C1CCCN1C(=O)CN)C(=O)NC(CCCN=C(N)N)C(=O)O. The van der Waals surface area contributed by atoms with Crippen molar-refractivity contribution < 1.29 is 24.3 Å². The third-order valence-corrected chi connectivity index (χ3v) is 5.40. The first-order valence-corrected chi connectivity index (χ1v) is 10.5. The number of carbonyl (C=O) groups excluding carboxylic acids is 3. The van der Waals surface area contributed by atoms with Gasteiger partial charge in [-0.05, 0) is 31.6 Å². The molecule has 1 aliphatic rings. The molecule has 1 fully saturated rings. The highest BCUT2D eigenvalue weighted by atomic mass is 16.4. The average Bonchev–Trinajstić information content (AvgIpc) is 3.22. The summed E-state index contributed by atoms with van der Waals surface area (Å²) in [7, 11) is 0. The topological polar surface area (TPSA) is 206 Å². The Hall–Kier alpha value is -2.89. The fraction of sp³-hybridized carbons (Fsp3) is 0.737. The molecule has 4 unspecified atom stereocenters. The van der Waals surface area contributed by atoms with Gasteiger partial charge in [0.25, 0.3) is 0 Å². The Morgan fingerprint density at radius 3 is 2.45 bits per heavy atom. The minimum Gasteiger partial charge on any atom is -0.480 e. The maximum Gasteiger partial charge on any atom is 0.326 e. The van der Waals surface area contributed by atoms with E-state index in [1.165, 1.54) is 4.90 Å². The van der Waals surface area contributed by atoms with Gasteiger partial charge in [-0.15, -0.1) is 0 Å². The van der Waals surface area contributed by atoms with Gasteiger partial charge in [0, 0.05) is 13.1 Å². The molecule has 176 valence electrons. The summed E-state index contributed by atoms with van der Waals surface area (Å²) in [6.07, 6.45) is 2.21. The number of nitrogens with two attached hydrogens (primary N) is 3. The smallest absolute Gasteiger partial charge is 0.326 e. The zero-order chi connectivity index (χ0) is 23.6. The van der Waals surface area contributed by atoms with Crippen LogP contribution >= 0.6 is 0 Å². The van der Waals surface area contributed by atoms with Gasteiger partial charge in [-0.3, -0.25) is 19.4 Å². The van der Waals surface area contributed by atoms with Crippen molar-refractivity contribution in [3.63, 3.8) is 0 Å². The van der Waals surface area contributed by atoms with E-state index in [1.807, 2.05) is 6.92 Å². The summed E-state index contributed by atoms with van der Waals surface area (Å²) in [4.78, 5) is 54.4. The minimum absolute atomic E-state index is 0.0930. The zero-order valence-electron chi connectivity index (χ0n) is 18.2. The first kappa shape index (κ1) is 26.1. The van der Waals surface area contributed by atoms with Crippen LogP contribution in [0.4, 0.5) is 0 Å². The number of hydrogen-bond acceptors (Lipinski definition) is 6. The molecule has 1 saturated heterocycles. The zero-order valence-corrected chi connectivity index (χ0v) is 18.2. The molecule has 4 atom stereocenters. The van der Waals surface area contributed by atoms with E-state index >= 15 is 0 Å². The Kier molecular flexibility index (Phi) is 10.7. The lowest BCUT2D eigenvalue weighted by molar-refractivity contribution is -0.143. The molecule has 9 N–H and O–H groups in total. The Bertz CT molecular complexity index is 681. The predicted molar refractivity (Wildman–Crippen MR) is 115 cm³/mol. The standard InChI is InChI=1S/C19H35N7O5/c1-3-11(2)15(25-16(28)13-7-5-9-26(13)14(27)10-20)17(29)24-12(18(30)31)6-4-8-23-19(21)22/h11-13,15H,3-10,20H2,1-2H3,(H,24,29)(H,25,28)(H,30,31)(H4,21,22,23). The number of nitrogens with zero attached hydrogens (tertiary/aromatic N) is 2. The van der Waals surface area contributed by atoms with Crippen molar-refractivity contribution in [2.75, 3.05) is 19.6 Å². The van der Waals surface area contributed by atoms with Crippen LogP contribution in [0.15, 0.2) is 4.99 Å². The largest absolute Gasteiger partial charge is 0.480 e. The van der Waals surface area contributed by atoms with Crippen LogP contribution in [0.3, 0.4) is 0 Å². The van der Waals surface area contributed by atoms with E-state index in [-0.39, 0.29) is 37.3 Å². The monoisotopic (exact) mass is 441 g/mol. The van der Waals surface area contributed by atoms with Gasteiger partial charge in [0.2, 0.25) is 17.7 Å². The van der Waals surface area contributed by atoms with Gasteiger partial charge >= 0.3 is 5.97 Å². The number of carbonyl (C=O) groups is 4. The fourth-order valence-corrected chi connectivity index (χ4v) is 3.43. The van der Waals surface area contributed by atoms with Crippen molar-refractivity contribution >= 4 is 29.7 Å². The summed E-state index contributed by atoms with van der Waals surface area (Å²) in [5.74, 6) is -2.90. The van der Waals surface area contributed by atoms with E-state index in [4.69, 9.17) is 17.2 Å². The molecule has 0 bridgehead atoms. The molecule has 0 radical (unpaired) electrons. The van der Waals surface area contributed by atoms with Gasteiger partial charge in [-0.25, -0.2) is 4.79 Å². The molecular weight excluding hydrogens is 406 g/mol. The molecular formula is C19H35N7O5. The van der Waals surface area contributed by atoms with Crippen molar-refractivity contribution in [1.82, 2.24) is 15.5 Å². The second-order valence-corrected chi connectivity index (χ2v) is 7.67. The molecule has 0 aromatic heterocycles. The van der Waals surface area contributed by atoms with Crippen LogP contribution in [0.5, 0.6) is 0 Å². The quantitative estimate of drug-likeness (QED) is 0.114. The summed E-state index contributed by atoms with van der Waals surface area (Å²) in [5.41, 5.74) is 15.9. The fourth-order valence-electron chi connectivity index (χ4n) is 3.43. The molecule has 12 heteroatoms. The summed E-state index contributed by atoms with van der Waals surface area (Å²) < 4.78 is 0. The van der Waals surface area contributed by atoms with E-state index in [1.54, 1.807) is 6.92 Å². The third kappa shape index (κ3) is 8.04. The number of nitrogens with one attached hydrogen (secondary N) is 2. The van der Waals surface area contributed by atoms with Gasteiger partial charge in [0.1, 0.15) is 18.1 Å². The summed E-state index contributed by atoms with van der Waals surface area (Å²) in [5, 5.41) is 14.7. The molecule has 12 nitrogen and oxygen atoms in total. The average molecular weight is 442 g/mol. The first-order chi connectivity index (χ1) is 14.6. The Labute approximate surface area is 182 Å². The molecule has 0 saturated carbocycles. The van der Waals surface area contributed by atoms with Crippen LogP contribution in [0, 0.1) is 5.92 Å². The maximum absolute atomic E-state index is 12.9. The summed E-state index contributed by atoms with van der Waals surface area (Å²) in [6.45, 7) is 4.13. The van der Waals surface area contributed by atoms with Crippen LogP contribution in [-0.4, -0.2) is 77.4 Å². The Morgan fingerprint density at radius 1 is 1.23 bits per heavy atom. The minimum atomic E-state index is -1.19. The highest BCUT2D eigenvalue weighted by molar-refractivity contribution is 5.94. The molecule has 0 spiro atoms. The molecule has 0 aromatic rings. The van der Waals surface area contributed by atoms with E-state index in [0.717, 1.165) is 0 Å². The second kappa shape index (κ2) is 12.7. The van der Waals surface area contributed by atoms with Gasteiger partial charge in [-0.2, -0.15) is 0 Å². The molecule has 0 aliphatic carbocycles. The van der Waals surface area contributed by atoms with Crippen molar-refractivity contribution in [1.29, 1.82) is 0 Å². The number of carboxylic acid groups (broad SMARTS) is 1. The van der Waals surface area contributed by atoms with Crippen LogP contribution in [0.25, 0.3) is 0 Å². The van der Waals surface area contributed by atoms with Crippen molar-refractivity contribution in [2.24, 2.45) is 28.1 Å². The normalized spacial score (nSPS) is 18.5. The van der Waals surface area contributed by atoms with Crippen LogP contribution in [-0.2, 0) is 19.2 Å². The van der Waals surface area contributed by atoms with Gasteiger partial charge in [0.05, 0.1) is 6.54 Å². The maximum atomic E-state index is 12.9.